The third-order valence-electron chi connectivity index (χ3n) is 2.80. The van der Waals surface area contributed by atoms with Crippen LogP contribution in [0.1, 0.15) is 19.5 Å². The first kappa shape index (κ1) is 12.7. The van der Waals surface area contributed by atoms with Crippen LogP contribution in [-0.4, -0.2) is 32.7 Å². The molecule has 0 bridgehead atoms. The van der Waals surface area contributed by atoms with Crippen molar-refractivity contribution in [2.45, 2.75) is 25.9 Å². The summed E-state index contributed by atoms with van der Waals surface area (Å²) in [6, 6.07) is 9.91. The maximum atomic E-state index is 9.20. The van der Waals surface area contributed by atoms with Gasteiger partial charge in [0.2, 0.25) is 0 Å². The molecule has 0 unspecified atom stereocenters. The molecule has 0 spiro atoms. The van der Waals surface area contributed by atoms with Gasteiger partial charge in [-0.05, 0) is 13.8 Å². The van der Waals surface area contributed by atoms with Crippen LogP contribution >= 0.6 is 0 Å². The van der Waals surface area contributed by atoms with Crippen LogP contribution in [0.2, 0.25) is 0 Å². The van der Waals surface area contributed by atoms with Crippen molar-refractivity contribution in [3.8, 4) is 11.3 Å². The molecule has 0 atom stereocenters. The number of hydrogen-bond acceptors (Lipinski definition) is 4. The van der Waals surface area contributed by atoms with Crippen LogP contribution < -0.4 is 5.32 Å². The van der Waals surface area contributed by atoms with E-state index in [1.807, 2.05) is 44.2 Å². The average molecular weight is 246 g/mol. The lowest BCUT2D eigenvalue weighted by atomic mass is 10.1. The SMILES string of the molecule is CC(C)(CO)NCc1n[nH]nc1-c1ccccc1. The predicted molar refractivity (Wildman–Crippen MR) is 69.8 cm³/mol. The van der Waals surface area contributed by atoms with E-state index in [-0.39, 0.29) is 12.1 Å². The van der Waals surface area contributed by atoms with E-state index < -0.39 is 0 Å². The second-order valence-electron chi connectivity index (χ2n) is 4.88. The number of aliphatic hydroxyl groups is 1. The van der Waals surface area contributed by atoms with Crippen molar-refractivity contribution < 1.29 is 5.11 Å². The molecular weight excluding hydrogens is 228 g/mol. The highest BCUT2D eigenvalue weighted by Gasteiger charge is 2.17. The Bertz CT molecular complexity index is 493. The first-order valence-corrected chi connectivity index (χ1v) is 5.93. The Morgan fingerprint density at radius 2 is 1.94 bits per heavy atom. The molecule has 1 aromatic heterocycles. The second kappa shape index (κ2) is 5.29. The summed E-state index contributed by atoms with van der Waals surface area (Å²) in [5, 5.41) is 23.4. The average Bonchev–Trinajstić information content (AvgIpc) is 2.86. The van der Waals surface area contributed by atoms with E-state index in [1.54, 1.807) is 0 Å². The molecule has 3 N–H and O–H groups in total. The second-order valence-corrected chi connectivity index (χ2v) is 4.88. The summed E-state index contributed by atoms with van der Waals surface area (Å²) in [6.07, 6.45) is 0. The van der Waals surface area contributed by atoms with Crippen LogP contribution in [0.25, 0.3) is 11.3 Å². The molecule has 1 heterocycles. The molecule has 18 heavy (non-hydrogen) atoms. The molecule has 2 rings (SSSR count). The van der Waals surface area contributed by atoms with Gasteiger partial charge in [0.05, 0.1) is 6.61 Å². The summed E-state index contributed by atoms with van der Waals surface area (Å²) < 4.78 is 0. The van der Waals surface area contributed by atoms with Gasteiger partial charge in [0.25, 0.3) is 0 Å². The van der Waals surface area contributed by atoms with Crippen molar-refractivity contribution in [2.24, 2.45) is 0 Å². The summed E-state index contributed by atoms with van der Waals surface area (Å²) in [7, 11) is 0. The summed E-state index contributed by atoms with van der Waals surface area (Å²) >= 11 is 0. The maximum Gasteiger partial charge on any atom is 0.117 e. The van der Waals surface area contributed by atoms with Gasteiger partial charge in [-0.15, -0.1) is 0 Å². The zero-order chi connectivity index (χ0) is 13.0. The Kier molecular flexibility index (Phi) is 3.74. The monoisotopic (exact) mass is 246 g/mol. The van der Waals surface area contributed by atoms with Gasteiger partial charge >= 0.3 is 0 Å². The summed E-state index contributed by atoms with van der Waals surface area (Å²) in [5.41, 5.74) is 2.40. The molecule has 1 aromatic carbocycles. The van der Waals surface area contributed by atoms with Crippen molar-refractivity contribution in [3.05, 3.63) is 36.0 Å². The van der Waals surface area contributed by atoms with Crippen molar-refractivity contribution in [3.63, 3.8) is 0 Å². The van der Waals surface area contributed by atoms with Gasteiger partial charge in [-0.2, -0.15) is 15.4 Å². The Labute approximate surface area is 106 Å². The number of hydrogen-bond donors (Lipinski definition) is 3. The van der Waals surface area contributed by atoms with Crippen molar-refractivity contribution in [1.82, 2.24) is 20.7 Å². The molecule has 0 aliphatic carbocycles. The molecule has 0 aliphatic rings. The molecule has 0 saturated carbocycles. The van der Waals surface area contributed by atoms with Crippen molar-refractivity contribution >= 4 is 0 Å². The molecule has 5 nitrogen and oxygen atoms in total. The third kappa shape index (κ3) is 2.94. The van der Waals surface area contributed by atoms with Gasteiger partial charge in [0, 0.05) is 17.6 Å². The van der Waals surface area contributed by atoms with Crippen LogP contribution in [-0.2, 0) is 6.54 Å². The number of aliphatic hydroxyl groups excluding tert-OH is 1. The number of benzene rings is 1. The lowest BCUT2D eigenvalue weighted by Crippen LogP contribution is -2.42. The quantitative estimate of drug-likeness (QED) is 0.744. The number of H-pyrrole nitrogens is 1. The van der Waals surface area contributed by atoms with Gasteiger partial charge in [-0.25, -0.2) is 0 Å². The van der Waals surface area contributed by atoms with Crippen LogP contribution in [0, 0.1) is 0 Å². The molecule has 0 fully saturated rings. The lowest BCUT2D eigenvalue weighted by Gasteiger charge is -2.22. The van der Waals surface area contributed by atoms with E-state index in [2.05, 4.69) is 20.7 Å². The van der Waals surface area contributed by atoms with Crippen LogP contribution in [0.3, 0.4) is 0 Å². The minimum absolute atomic E-state index is 0.0749. The molecule has 5 heteroatoms. The van der Waals surface area contributed by atoms with Gasteiger partial charge in [-0.1, -0.05) is 30.3 Å². The Morgan fingerprint density at radius 1 is 1.22 bits per heavy atom. The van der Waals surface area contributed by atoms with E-state index in [9.17, 15) is 5.11 Å². The zero-order valence-electron chi connectivity index (χ0n) is 10.6. The Morgan fingerprint density at radius 3 is 2.61 bits per heavy atom. The van der Waals surface area contributed by atoms with E-state index in [4.69, 9.17) is 0 Å². The fraction of sp³-hybridized carbons (Fsp3) is 0.385. The molecule has 0 radical (unpaired) electrons. The van der Waals surface area contributed by atoms with Gasteiger partial charge in [0.15, 0.2) is 0 Å². The number of aromatic amines is 1. The Hall–Kier alpha value is -1.72. The Balaban J connectivity index is 2.14. The molecular formula is C13H18N4O. The fourth-order valence-corrected chi connectivity index (χ4v) is 1.58. The lowest BCUT2D eigenvalue weighted by molar-refractivity contribution is 0.187. The topological polar surface area (TPSA) is 73.8 Å². The molecule has 0 aliphatic heterocycles. The maximum absolute atomic E-state index is 9.20. The third-order valence-corrected chi connectivity index (χ3v) is 2.80. The number of nitrogens with one attached hydrogen (secondary N) is 2. The molecule has 2 aromatic rings. The minimum atomic E-state index is -0.326. The largest absolute Gasteiger partial charge is 0.394 e. The first-order valence-electron chi connectivity index (χ1n) is 5.93. The first-order chi connectivity index (χ1) is 8.62. The predicted octanol–water partition coefficient (Wildman–Crippen LogP) is 1.33. The van der Waals surface area contributed by atoms with E-state index in [0.29, 0.717) is 6.54 Å². The molecule has 0 amide bonds. The highest BCUT2D eigenvalue weighted by atomic mass is 16.3. The van der Waals surface area contributed by atoms with Crippen LogP contribution in [0.4, 0.5) is 0 Å². The van der Waals surface area contributed by atoms with Gasteiger partial charge in [-0.3, -0.25) is 0 Å². The smallest absolute Gasteiger partial charge is 0.117 e. The van der Waals surface area contributed by atoms with Crippen LogP contribution in [0.5, 0.6) is 0 Å². The number of aromatic nitrogens is 3. The van der Waals surface area contributed by atoms with E-state index in [1.165, 1.54) is 0 Å². The molecule has 96 valence electrons. The highest BCUT2D eigenvalue weighted by Crippen LogP contribution is 2.19. The van der Waals surface area contributed by atoms with Crippen LogP contribution in [0.15, 0.2) is 30.3 Å². The molecule has 0 saturated heterocycles. The minimum Gasteiger partial charge on any atom is -0.394 e. The summed E-state index contributed by atoms with van der Waals surface area (Å²) in [6.45, 7) is 4.52. The standard InChI is InChI=1S/C13H18N4O/c1-13(2,9-18)14-8-11-12(16-17-15-11)10-6-4-3-5-7-10/h3-7,14,18H,8-9H2,1-2H3,(H,15,16,17). The van der Waals surface area contributed by atoms with E-state index >= 15 is 0 Å². The highest BCUT2D eigenvalue weighted by molar-refractivity contribution is 5.60. The zero-order valence-corrected chi connectivity index (χ0v) is 10.6. The summed E-state index contributed by atoms with van der Waals surface area (Å²) in [4.78, 5) is 0. The summed E-state index contributed by atoms with van der Waals surface area (Å²) in [5.74, 6) is 0. The van der Waals surface area contributed by atoms with Gasteiger partial charge in [0.1, 0.15) is 11.4 Å². The van der Waals surface area contributed by atoms with E-state index in [0.717, 1.165) is 17.0 Å². The number of nitrogens with zero attached hydrogens (tertiary/aromatic N) is 2. The van der Waals surface area contributed by atoms with Crippen molar-refractivity contribution in [2.75, 3.05) is 6.61 Å². The van der Waals surface area contributed by atoms with Gasteiger partial charge < -0.3 is 10.4 Å². The van der Waals surface area contributed by atoms with Crippen molar-refractivity contribution in [1.29, 1.82) is 0 Å². The normalized spacial score (nSPS) is 11.7. The number of rotatable bonds is 5. The fourth-order valence-electron chi connectivity index (χ4n) is 1.58.